The van der Waals surface area contributed by atoms with Crippen molar-refractivity contribution in [3.05, 3.63) is 65.5 Å². The Labute approximate surface area is 175 Å². The number of rotatable bonds is 3. The molecule has 3 heterocycles. The average molecular weight is 388 g/mol. The van der Waals surface area contributed by atoms with E-state index in [-0.39, 0.29) is 11.2 Å². The highest BCUT2D eigenvalue weighted by atomic mass is 16.5. The van der Waals surface area contributed by atoms with Crippen LogP contribution in [0.15, 0.2) is 60.0 Å². The summed E-state index contributed by atoms with van der Waals surface area (Å²) in [7, 11) is 0. The number of nitrogens with zero attached hydrogens (tertiary/aromatic N) is 1. The molecule has 2 saturated carbocycles. The molecule has 0 amide bonds. The second-order valence-electron chi connectivity index (χ2n) is 10.7. The number of fused-ring (bicyclic) bond motifs is 1. The highest BCUT2D eigenvalue weighted by Gasteiger charge is 2.65. The van der Waals surface area contributed by atoms with Gasteiger partial charge in [-0.2, -0.15) is 0 Å². The molecule has 152 valence electrons. The van der Waals surface area contributed by atoms with Crippen molar-refractivity contribution >= 4 is 0 Å². The Morgan fingerprint density at radius 3 is 3.03 bits per heavy atom. The molecular weight excluding hydrogens is 354 g/mol. The zero-order valence-corrected chi connectivity index (χ0v) is 17.8. The van der Waals surface area contributed by atoms with Gasteiger partial charge in [-0.1, -0.05) is 37.3 Å². The Balaban J connectivity index is 1.31. The maximum Gasteiger partial charge on any atom is 0.0975 e. The lowest BCUT2D eigenvalue weighted by atomic mass is 9.58. The standard InChI is InChI=1S/C27H33NO/c1-19-5-7-22-16-23-11-12-25(2)21(8-6-20-4-3-15-28-18-20)9-10-24(25)27(23)14-13-26(22,17-19)29-27/h3-4,11,15-16,18,21,24H,1,5-10,12-14,17H2,2H3/t21-,24+,25+,26+,27+/m0/s1. The van der Waals surface area contributed by atoms with Gasteiger partial charge in [-0.15, -0.1) is 0 Å². The Morgan fingerprint density at radius 2 is 2.17 bits per heavy atom. The van der Waals surface area contributed by atoms with Gasteiger partial charge in [-0.05, 0) is 97.8 Å². The molecule has 0 aromatic carbocycles. The first-order valence-corrected chi connectivity index (χ1v) is 11.7. The molecule has 0 radical (unpaired) electrons. The van der Waals surface area contributed by atoms with Crippen LogP contribution in [-0.2, 0) is 11.2 Å². The van der Waals surface area contributed by atoms with E-state index in [1.807, 2.05) is 12.4 Å². The molecular formula is C27H33NO. The van der Waals surface area contributed by atoms with E-state index in [9.17, 15) is 0 Å². The van der Waals surface area contributed by atoms with Crippen LogP contribution in [0.4, 0.5) is 0 Å². The van der Waals surface area contributed by atoms with Crippen molar-refractivity contribution in [2.75, 3.05) is 0 Å². The summed E-state index contributed by atoms with van der Waals surface area (Å²) < 4.78 is 7.23. The minimum Gasteiger partial charge on any atom is -0.359 e. The average Bonchev–Trinajstić information content (AvgIpc) is 3.22. The molecule has 2 bridgehead atoms. The van der Waals surface area contributed by atoms with Gasteiger partial charge in [0.15, 0.2) is 0 Å². The van der Waals surface area contributed by atoms with Crippen LogP contribution in [-0.4, -0.2) is 16.2 Å². The van der Waals surface area contributed by atoms with E-state index in [1.165, 1.54) is 55.2 Å². The van der Waals surface area contributed by atoms with Crippen LogP contribution in [0.2, 0.25) is 0 Å². The summed E-state index contributed by atoms with van der Waals surface area (Å²) in [5, 5.41) is 0. The third-order valence-corrected chi connectivity index (χ3v) is 9.33. The van der Waals surface area contributed by atoms with E-state index in [1.54, 1.807) is 5.57 Å². The number of aryl methyl sites for hydroxylation is 1. The third kappa shape index (κ3) is 2.48. The van der Waals surface area contributed by atoms with Gasteiger partial charge in [0.05, 0.1) is 11.2 Å². The molecule has 1 aromatic heterocycles. The van der Waals surface area contributed by atoms with Gasteiger partial charge in [0.25, 0.3) is 0 Å². The summed E-state index contributed by atoms with van der Waals surface area (Å²) in [6.07, 6.45) is 21.2. The first kappa shape index (κ1) is 18.1. The van der Waals surface area contributed by atoms with E-state index in [2.05, 4.69) is 42.8 Å². The summed E-state index contributed by atoms with van der Waals surface area (Å²) >= 11 is 0. The van der Waals surface area contributed by atoms with Gasteiger partial charge in [0.1, 0.15) is 0 Å². The monoisotopic (exact) mass is 387 g/mol. The molecule has 2 spiro atoms. The molecule has 1 aromatic rings. The maximum atomic E-state index is 7.23. The zero-order valence-electron chi connectivity index (χ0n) is 17.8. The molecule has 0 N–H and O–H groups in total. The first-order chi connectivity index (χ1) is 14.0. The maximum absolute atomic E-state index is 7.23. The van der Waals surface area contributed by atoms with Gasteiger partial charge in [0, 0.05) is 18.8 Å². The van der Waals surface area contributed by atoms with Crippen LogP contribution < -0.4 is 0 Å². The predicted octanol–water partition coefficient (Wildman–Crippen LogP) is 6.34. The van der Waals surface area contributed by atoms with Crippen LogP contribution in [0.5, 0.6) is 0 Å². The fourth-order valence-corrected chi connectivity index (χ4v) is 7.81. The molecule has 5 atom stereocenters. The molecule has 29 heavy (non-hydrogen) atoms. The Morgan fingerprint density at radius 1 is 1.24 bits per heavy atom. The Bertz CT molecular complexity index is 914. The van der Waals surface area contributed by atoms with Gasteiger partial charge in [-0.3, -0.25) is 4.98 Å². The van der Waals surface area contributed by atoms with Crippen molar-refractivity contribution in [1.29, 1.82) is 0 Å². The molecule has 5 aliphatic rings. The van der Waals surface area contributed by atoms with Crippen LogP contribution >= 0.6 is 0 Å². The van der Waals surface area contributed by atoms with E-state index in [4.69, 9.17) is 4.74 Å². The quantitative estimate of drug-likeness (QED) is 0.564. The summed E-state index contributed by atoms with van der Waals surface area (Å²) in [5.74, 6) is 1.45. The van der Waals surface area contributed by atoms with Gasteiger partial charge >= 0.3 is 0 Å². The smallest absolute Gasteiger partial charge is 0.0975 e. The van der Waals surface area contributed by atoms with Crippen LogP contribution in [0.3, 0.4) is 0 Å². The summed E-state index contributed by atoms with van der Waals surface area (Å²) in [4.78, 5) is 4.31. The minimum atomic E-state index is -0.0167. The second-order valence-corrected chi connectivity index (χ2v) is 10.7. The molecule has 2 nitrogen and oxygen atoms in total. The number of hydrogen-bond acceptors (Lipinski definition) is 2. The van der Waals surface area contributed by atoms with Crippen LogP contribution in [0.25, 0.3) is 0 Å². The highest BCUT2D eigenvalue weighted by molar-refractivity contribution is 5.48. The highest BCUT2D eigenvalue weighted by Crippen LogP contribution is 2.68. The van der Waals surface area contributed by atoms with Gasteiger partial charge in [-0.25, -0.2) is 0 Å². The lowest BCUT2D eigenvalue weighted by molar-refractivity contribution is -0.132. The molecule has 0 unspecified atom stereocenters. The molecule has 6 rings (SSSR count). The largest absolute Gasteiger partial charge is 0.359 e. The molecule has 3 aliphatic carbocycles. The number of pyridine rings is 1. The molecule has 2 aliphatic heterocycles. The van der Waals surface area contributed by atoms with E-state index in [0.29, 0.717) is 11.3 Å². The summed E-state index contributed by atoms with van der Waals surface area (Å²) in [5.41, 5.74) is 6.21. The van der Waals surface area contributed by atoms with Crippen molar-refractivity contribution in [2.24, 2.45) is 17.3 Å². The lowest BCUT2D eigenvalue weighted by Crippen LogP contribution is -2.53. The normalized spacial score (nSPS) is 42.6. The van der Waals surface area contributed by atoms with Crippen LogP contribution in [0.1, 0.15) is 70.3 Å². The topological polar surface area (TPSA) is 22.1 Å². The third-order valence-electron chi connectivity index (χ3n) is 9.33. The molecule has 3 fully saturated rings. The number of ether oxygens (including phenoxy) is 1. The fraction of sp³-hybridized carbons (Fsp3) is 0.593. The Kier molecular flexibility index (Phi) is 3.86. The molecule has 2 heteroatoms. The number of allylic oxidation sites excluding steroid dienone is 1. The van der Waals surface area contributed by atoms with Gasteiger partial charge < -0.3 is 4.74 Å². The SMILES string of the molecule is C=C1CCC2=CC3=CC[C@]4(C)[C@@H](CCc5cccnc5)CC[C@H]4[C@@]34CC[C@]2(C1)O4. The number of hydrogen-bond donors (Lipinski definition) is 0. The molecule has 1 saturated heterocycles. The van der Waals surface area contributed by atoms with E-state index >= 15 is 0 Å². The first-order valence-electron chi connectivity index (χ1n) is 11.7. The van der Waals surface area contributed by atoms with Crippen molar-refractivity contribution in [3.8, 4) is 0 Å². The summed E-state index contributed by atoms with van der Waals surface area (Å²) in [6, 6.07) is 4.30. The minimum absolute atomic E-state index is 0.0152. The Hall–Kier alpha value is -1.67. The number of aromatic nitrogens is 1. The fourth-order valence-electron chi connectivity index (χ4n) is 7.81. The van der Waals surface area contributed by atoms with Crippen molar-refractivity contribution in [1.82, 2.24) is 4.98 Å². The predicted molar refractivity (Wildman–Crippen MR) is 116 cm³/mol. The summed E-state index contributed by atoms with van der Waals surface area (Å²) in [6.45, 7) is 6.91. The van der Waals surface area contributed by atoms with Crippen molar-refractivity contribution in [3.63, 3.8) is 0 Å². The van der Waals surface area contributed by atoms with Crippen LogP contribution in [0, 0.1) is 17.3 Å². The zero-order chi connectivity index (χ0) is 19.7. The second kappa shape index (κ2) is 6.17. The van der Waals surface area contributed by atoms with E-state index in [0.717, 1.165) is 31.6 Å². The van der Waals surface area contributed by atoms with Gasteiger partial charge in [0.2, 0.25) is 0 Å². The lowest BCUT2D eigenvalue weighted by Gasteiger charge is -2.54. The van der Waals surface area contributed by atoms with Crippen molar-refractivity contribution in [2.45, 2.75) is 82.3 Å². The van der Waals surface area contributed by atoms with E-state index < -0.39 is 0 Å². The van der Waals surface area contributed by atoms with Crippen molar-refractivity contribution < 1.29 is 4.74 Å².